The summed E-state index contributed by atoms with van der Waals surface area (Å²) in [6.45, 7) is 4.27. The number of likely N-dealkylation sites (N-methyl/N-ethyl adjacent to an activating group) is 1. The quantitative estimate of drug-likeness (QED) is 0.437. The Morgan fingerprint density at radius 1 is 1.14 bits per heavy atom. The van der Waals surface area contributed by atoms with Gasteiger partial charge in [0.1, 0.15) is 34.6 Å². The number of halogens is 2. The van der Waals surface area contributed by atoms with Crippen LogP contribution in [0.3, 0.4) is 0 Å². The van der Waals surface area contributed by atoms with Crippen molar-refractivity contribution in [2.75, 3.05) is 82.6 Å². The largest absolute Gasteiger partial charge is 0.467 e. The second kappa shape index (κ2) is 14.0. The highest BCUT2D eigenvalue weighted by Gasteiger charge is 2.52. The number of hydrogen-bond donors (Lipinski definition) is 2. The predicted molar refractivity (Wildman–Crippen MR) is 188 cm³/mol. The summed E-state index contributed by atoms with van der Waals surface area (Å²) in [7, 11) is 4.66. The minimum absolute atomic E-state index is 0.0791. The highest BCUT2D eigenvalue weighted by atomic mass is 35.5. The molecule has 1 amide bonds. The van der Waals surface area contributed by atoms with E-state index in [1.807, 2.05) is 9.80 Å². The molecule has 4 aliphatic heterocycles. The summed E-state index contributed by atoms with van der Waals surface area (Å²) in [5, 5.41) is 20.7. The Morgan fingerprint density at radius 2 is 1.86 bits per heavy atom. The van der Waals surface area contributed by atoms with Crippen molar-refractivity contribution in [3.8, 4) is 18.1 Å². The smallest absolute Gasteiger partial charge is 0.320 e. The van der Waals surface area contributed by atoms with Crippen LogP contribution in [0.1, 0.15) is 53.7 Å². The van der Waals surface area contributed by atoms with Gasteiger partial charge < -0.3 is 30.9 Å². The summed E-state index contributed by atoms with van der Waals surface area (Å²) in [5.74, 6) is 0.448. The zero-order valence-corrected chi connectivity index (χ0v) is 29.6. The zero-order chi connectivity index (χ0) is 35.0. The number of carbonyl (C=O) groups is 1. The third-order valence-corrected chi connectivity index (χ3v) is 11.5. The molecule has 2 atom stereocenters. The van der Waals surface area contributed by atoms with Crippen molar-refractivity contribution in [3.63, 3.8) is 0 Å². The van der Waals surface area contributed by atoms with Crippen LogP contribution in [0, 0.1) is 22.7 Å². The first-order chi connectivity index (χ1) is 23.5. The van der Waals surface area contributed by atoms with Crippen LogP contribution >= 0.6 is 22.9 Å². The summed E-state index contributed by atoms with van der Waals surface area (Å²) in [6, 6.07) is 5.33. The average molecular weight is 710 g/mol. The van der Waals surface area contributed by atoms with Crippen LogP contribution in [0.4, 0.5) is 21.0 Å². The van der Waals surface area contributed by atoms with Crippen molar-refractivity contribution in [2.45, 2.75) is 56.2 Å². The van der Waals surface area contributed by atoms with E-state index in [0.29, 0.717) is 78.7 Å². The Labute approximate surface area is 294 Å². The number of nitrogens with zero attached hydrogens (tertiary/aromatic N) is 9. The molecular weight excluding hydrogens is 669 g/mol. The monoisotopic (exact) mass is 709 g/mol. The lowest BCUT2D eigenvalue weighted by molar-refractivity contribution is -0.124. The molecule has 4 N–H and O–H groups in total. The first-order valence-corrected chi connectivity index (χ1v) is 17.7. The molecule has 0 saturated carbocycles. The first kappa shape index (κ1) is 34.7. The molecule has 0 bridgehead atoms. The van der Waals surface area contributed by atoms with Crippen molar-refractivity contribution >= 4 is 51.2 Å². The first-order valence-electron chi connectivity index (χ1n) is 16.5. The fourth-order valence-corrected chi connectivity index (χ4v) is 9.00. The summed E-state index contributed by atoms with van der Waals surface area (Å²) >= 11 is 8.04. The number of thiophene rings is 1. The standard InChI is InChI=1S/C26H29ClN10O2S.C7H12FN/c1-35(2)24(38)20(30)19(27)16-11-36(8-4-7-32-16)22-15(10-29)23(34-25(33-22)39-3)37-12-26(13-37)6-5-17-18(26)14(9-28)21(31)40-17;8-6-4-7-2-1-3-9(7)5-6/h4-8,11-13,30-31H2,1-3H3;6-7H,1-5H2/b20-19+;. The maximum Gasteiger partial charge on any atom is 0.320 e. The molecule has 260 valence electrons. The van der Waals surface area contributed by atoms with Crippen molar-refractivity contribution in [2.24, 2.45) is 10.7 Å². The number of methoxy groups -OCH3 is 1. The Kier molecular flexibility index (Phi) is 9.89. The van der Waals surface area contributed by atoms with Crippen LogP contribution in [-0.4, -0.2) is 111 Å². The van der Waals surface area contributed by atoms with Gasteiger partial charge >= 0.3 is 6.01 Å². The minimum atomic E-state index is -0.518. The molecule has 0 radical (unpaired) electrons. The number of nitriles is 2. The number of nitrogen functional groups attached to an aromatic ring is 1. The molecule has 1 aliphatic carbocycles. The molecule has 3 fully saturated rings. The number of carbonyl (C=O) groups excluding carboxylic acids is 1. The minimum Gasteiger partial charge on any atom is -0.467 e. The fourth-order valence-electron chi connectivity index (χ4n) is 7.66. The van der Waals surface area contributed by atoms with Gasteiger partial charge in [0.2, 0.25) is 0 Å². The molecule has 1 spiro atoms. The number of fused-ring (bicyclic) bond motifs is 3. The van der Waals surface area contributed by atoms with Gasteiger partial charge in [0.25, 0.3) is 5.91 Å². The number of aromatic nitrogens is 2. The number of aryl methyl sites for hydroxylation is 1. The molecule has 49 heavy (non-hydrogen) atoms. The van der Waals surface area contributed by atoms with E-state index in [4.69, 9.17) is 27.8 Å². The van der Waals surface area contributed by atoms with Gasteiger partial charge in [0.15, 0.2) is 11.6 Å². The van der Waals surface area contributed by atoms with E-state index >= 15 is 0 Å². The lowest BCUT2D eigenvalue weighted by atomic mass is 9.74. The summed E-state index contributed by atoms with van der Waals surface area (Å²) in [6.07, 6.45) is 5.29. The molecule has 5 aliphatic rings. The number of anilines is 3. The fraction of sp³-hybridized carbons (Fsp3) is 0.576. The van der Waals surface area contributed by atoms with E-state index in [2.05, 4.69) is 32.0 Å². The Balaban J connectivity index is 0.000000396. The molecule has 0 aromatic carbocycles. The van der Waals surface area contributed by atoms with E-state index in [-0.39, 0.29) is 28.7 Å². The van der Waals surface area contributed by atoms with Gasteiger partial charge in [-0.2, -0.15) is 20.5 Å². The van der Waals surface area contributed by atoms with E-state index in [0.717, 1.165) is 31.4 Å². The second-order valence-corrected chi connectivity index (χ2v) is 14.9. The number of nitrogens with two attached hydrogens (primary N) is 2. The molecular formula is C33H41ClFN11O2S. The van der Waals surface area contributed by atoms with E-state index in [9.17, 15) is 19.7 Å². The van der Waals surface area contributed by atoms with Crippen molar-refractivity contribution in [3.05, 3.63) is 32.3 Å². The maximum absolute atomic E-state index is 12.6. The van der Waals surface area contributed by atoms with Gasteiger partial charge in [-0.1, -0.05) is 11.6 Å². The molecule has 13 nitrogen and oxygen atoms in total. The highest BCUT2D eigenvalue weighted by Crippen LogP contribution is 2.53. The number of aliphatic imine (C=N–C) groups is 1. The lowest BCUT2D eigenvalue weighted by Gasteiger charge is -2.49. The Hall–Kier alpha value is -4.18. The molecule has 6 heterocycles. The summed E-state index contributed by atoms with van der Waals surface area (Å²) in [5.41, 5.74) is 14.3. The molecule has 2 aromatic heterocycles. The highest BCUT2D eigenvalue weighted by molar-refractivity contribution is 7.16. The van der Waals surface area contributed by atoms with E-state index in [1.165, 1.54) is 41.1 Å². The van der Waals surface area contributed by atoms with Crippen molar-refractivity contribution < 1.29 is 13.9 Å². The molecule has 16 heteroatoms. The Morgan fingerprint density at radius 3 is 2.51 bits per heavy atom. The topological polar surface area (TPSA) is 177 Å². The lowest BCUT2D eigenvalue weighted by Crippen LogP contribution is -2.59. The van der Waals surface area contributed by atoms with Crippen LogP contribution in [0.25, 0.3) is 0 Å². The van der Waals surface area contributed by atoms with Crippen molar-refractivity contribution in [1.82, 2.24) is 19.8 Å². The number of alkyl halides is 1. The zero-order valence-electron chi connectivity index (χ0n) is 28.0. The van der Waals surface area contributed by atoms with Gasteiger partial charge in [-0.25, -0.2) is 4.39 Å². The molecule has 2 unspecified atom stereocenters. The molecule has 3 saturated heterocycles. The van der Waals surface area contributed by atoms with Gasteiger partial charge in [0.05, 0.1) is 30.0 Å². The molecule has 7 rings (SSSR count). The summed E-state index contributed by atoms with van der Waals surface area (Å²) < 4.78 is 18.0. The number of hydrogen-bond acceptors (Lipinski definition) is 13. The van der Waals surface area contributed by atoms with Crippen LogP contribution in [0.2, 0.25) is 0 Å². The maximum atomic E-state index is 12.6. The Bertz CT molecular complexity index is 1760. The normalized spacial score (nSPS) is 22.8. The van der Waals surface area contributed by atoms with Crippen molar-refractivity contribution in [1.29, 1.82) is 10.5 Å². The predicted octanol–water partition coefficient (Wildman–Crippen LogP) is 2.92. The van der Waals surface area contributed by atoms with Gasteiger partial charge in [-0.3, -0.25) is 14.7 Å². The third kappa shape index (κ3) is 6.47. The van der Waals surface area contributed by atoms with Crippen LogP contribution < -0.4 is 26.0 Å². The van der Waals surface area contributed by atoms with Crippen LogP contribution in [0.15, 0.2) is 15.7 Å². The van der Waals surface area contributed by atoms with Gasteiger partial charge in [0, 0.05) is 63.2 Å². The SMILES string of the molecule is COc1nc(N2CCCN=C(/C(Cl)=C(\N)C(=O)N(C)C)C2)c(C#N)c(N2CC3(CCc4sc(N)c(C#N)c43)C2)n1.FC1CC2CCCN2C1. The number of ether oxygens (including phenoxy) is 1. The third-order valence-electron chi connectivity index (χ3n) is 10.0. The van der Waals surface area contributed by atoms with E-state index in [1.54, 1.807) is 14.1 Å². The van der Waals surface area contributed by atoms with Crippen LogP contribution in [0.5, 0.6) is 6.01 Å². The second-order valence-electron chi connectivity index (χ2n) is 13.4. The summed E-state index contributed by atoms with van der Waals surface area (Å²) in [4.78, 5) is 34.8. The van der Waals surface area contributed by atoms with E-state index < -0.39 is 12.1 Å². The average Bonchev–Trinajstić information content (AvgIpc) is 3.78. The van der Waals surface area contributed by atoms with Crippen LogP contribution in [-0.2, 0) is 16.6 Å². The number of amides is 1. The van der Waals surface area contributed by atoms with Gasteiger partial charge in [-0.05, 0) is 50.6 Å². The number of rotatable bonds is 5. The molecule has 2 aromatic rings. The van der Waals surface area contributed by atoms with Gasteiger partial charge in [-0.15, -0.1) is 11.3 Å².